The van der Waals surface area contributed by atoms with Gasteiger partial charge in [-0.3, -0.25) is 4.79 Å². The third-order valence-corrected chi connectivity index (χ3v) is 3.63. The highest BCUT2D eigenvalue weighted by Gasteiger charge is 2.41. The molecule has 1 fully saturated rings. The lowest BCUT2D eigenvalue weighted by molar-refractivity contribution is -0.149. The van der Waals surface area contributed by atoms with Crippen LogP contribution < -0.4 is 10.5 Å². The minimum atomic E-state index is -0.996. The molecule has 1 aromatic rings. The number of methoxy groups -OCH3 is 1. The molecule has 0 saturated carbocycles. The summed E-state index contributed by atoms with van der Waals surface area (Å²) >= 11 is 0. The predicted molar refractivity (Wildman–Crippen MR) is 72.3 cm³/mol. The summed E-state index contributed by atoms with van der Waals surface area (Å²) in [5.41, 5.74) is 6.23. The zero-order valence-corrected chi connectivity index (χ0v) is 11.3. The van der Waals surface area contributed by atoms with Crippen molar-refractivity contribution in [3.63, 3.8) is 0 Å². The van der Waals surface area contributed by atoms with E-state index in [9.17, 15) is 14.7 Å². The molecular formula is C14H18N2O4. The average Bonchev–Trinajstić information content (AvgIpc) is 2.91. The van der Waals surface area contributed by atoms with Crippen LogP contribution in [0.5, 0.6) is 5.75 Å². The van der Waals surface area contributed by atoms with Gasteiger partial charge in [0.05, 0.1) is 19.7 Å². The van der Waals surface area contributed by atoms with Gasteiger partial charge in [0.15, 0.2) is 0 Å². The monoisotopic (exact) mass is 278 g/mol. The molecule has 1 aliphatic rings. The molecule has 0 bridgehead atoms. The van der Waals surface area contributed by atoms with Crippen molar-refractivity contribution in [1.82, 2.24) is 4.90 Å². The molecule has 2 unspecified atom stereocenters. The number of carbonyl (C=O) groups is 2. The lowest BCUT2D eigenvalue weighted by Crippen LogP contribution is -2.44. The third kappa shape index (κ3) is 2.46. The summed E-state index contributed by atoms with van der Waals surface area (Å²) in [6.45, 7) is -0.199. The predicted octanol–water partition coefficient (Wildman–Crippen LogP) is 0.771. The molecule has 1 aliphatic heterocycles. The summed E-state index contributed by atoms with van der Waals surface area (Å²) in [4.78, 5) is 24.7. The number of carboxylic acids is 1. The average molecular weight is 278 g/mol. The van der Waals surface area contributed by atoms with Gasteiger partial charge in [0.1, 0.15) is 11.8 Å². The van der Waals surface area contributed by atoms with Gasteiger partial charge in [-0.15, -0.1) is 0 Å². The number of carboxylic acid groups (broad SMARTS) is 1. The zero-order chi connectivity index (χ0) is 14.7. The summed E-state index contributed by atoms with van der Waals surface area (Å²) in [5, 5.41) is 9.25. The molecule has 0 aromatic heterocycles. The number of rotatable bonds is 4. The number of likely N-dealkylation sites (tertiary alicyclic amines) is 1. The third-order valence-electron chi connectivity index (χ3n) is 3.63. The Bertz CT molecular complexity index is 518. The molecule has 0 aliphatic carbocycles. The van der Waals surface area contributed by atoms with Gasteiger partial charge >= 0.3 is 5.97 Å². The summed E-state index contributed by atoms with van der Waals surface area (Å²) in [6.07, 6.45) is 1.01. The largest absolute Gasteiger partial charge is 0.496 e. The van der Waals surface area contributed by atoms with E-state index in [-0.39, 0.29) is 18.5 Å². The molecule has 20 heavy (non-hydrogen) atoms. The Kier molecular flexibility index (Phi) is 4.24. The van der Waals surface area contributed by atoms with Crippen LogP contribution in [0.25, 0.3) is 0 Å². The zero-order valence-electron chi connectivity index (χ0n) is 11.3. The van der Waals surface area contributed by atoms with Crippen molar-refractivity contribution in [2.24, 2.45) is 5.73 Å². The minimum Gasteiger partial charge on any atom is -0.496 e. The molecule has 1 heterocycles. The topological polar surface area (TPSA) is 92.9 Å². The van der Waals surface area contributed by atoms with Crippen molar-refractivity contribution in [3.8, 4) is 5.75 Å². The SMILES string of the molecule is COc1ccccc1C1CCC(C(=O)O)N1C(=O)CN. The maximum atomic E-state index is 12.0. The fraction of sp³-hybridized carbons (Fsp3) is 0.429. The Balaban J connectivity index is 2.39. The van der Waals surface area contributed by atoms with Gasteiger partial charge in [0, 0.05) is 5.56 Å². The fourth-order valence-electron chi connectivity index (χ4n) is 2.75. The van der Waals surface area contributed by atoms with Crippen molar-refractivity contribution >= 4 is 11.9 Å². The summed E-state index contributed by atoms with van der Waals surface area (Å²) in [5.74, 6) is -0.701. The first-order chi connectivity index (χ1) is 9.60. The number of nitrogens with zero attached hydrogens (tertiary/aromatic N) is 1. The maximum Gasteiger partial charge on any atom is 0.326 e. The van der Waals surface area contributed by atoms with Gasteiger partial charge in [0.25, 0.3) is 0 Å². The van der Waals surface area contributed by atoms with Crippen LogP contribution in [-0.2, 0) is 9.59 Å². The van der Waals surface area contributed by atoms with Crippen LogP contribution in [0.1, 0.15) is 24.4 Å². The maximum absolute atomic E-state index is 12.0. The van der Waals surface area contributed by atoms with E-state index in [0.717, 1.165) is 5.56 Å². The van der Waals surface area contributed by atoms with Gasteiger partial charge in [-0.2, -0.15) is 0 Å². The van der Waals surface area contributed by atoms with E-state index in [4.69, 9.17) is 10.5 Å². The summed E-state index contributed by atoms with van der Waals surface area (Å²) < 4.78 is 5.30. The number of ether oxygens (including phenoxy) is 1. The van der Waals surface area contributed by atoms with Crippen LogP contribution in [0.4, 0.5) is 0 Å². The van der Waals surface area contributed by atoms with E-state index >= 15 is 0 Å². The molecular weight excluding hydrogens is 260 g/mol. The normalized spacial score (nSPS) is 21.8. The highest BCUT2D eigenvalue weighted by molar-refractivity contribution is 5.86. The van der Waals surface area contributed by atoms with Crippen molar-refractivity contribution in [3.05, 3.63) is 29.8 Å². The highest BCUT2D eigenvalue weighted by atomic mass is 16.5. The second-order valence-electron chi connectivity index (χ2n) is 4.69. The first kappa shape index (κ1) is 14.3. The van der Waals surface area contributed by atoms with E-state index in [2.05, 4.69) is 0 Å². The molecule has 108 valence electrons. The molecule has 6 heteroatoms. The Labute approximate surface area is 117 Å². The van der Waals surface area contributed by atoms with Gasteiger partial charge in [0.2, 0.25) is 5.91 Å². The van der Waals surface area contributed by atoms with Crippen molar-refractivity contribution in [1.29, 1.82) is 0 Å². The number of aliphatic carboxylic acids is 1. The van der Waals surface area contributed by atoms with Crippen LogP contribution in [0.2, 0.25) is 0 Å². The van der Waals surface area contributed by atoms with Gasteiger partial charge in [-0.05, 0) is 18.9 Å². The quantitative estimate of drug-likeness (QED) is 0.848. The summed E-state index contributed by atoms with van der Waals surface area (Å²) in [7, 11) is 1.55. The Morgan fingerprint density at radius 1 is 1.40 bits per heavy atom. The lowest BCUT2D eigenvalue weighted by atomic mass is 10.0. The van der Waals surface area contributed by atoms with E-state index in [1.165, 1.54) is 4.90 Å². The van der Waals surface area contributed by atoms with Gasteiger partial charge < -0.3 is 20.5 Å². The van der Waals surface area contributed by atoms with Crippen molar-refractivity contribution in [2.75, 3.05) is 13.7 Å². The first-order valence-electron chi connectivity index (χ1n) is 6.47. The fourth-order valence-corrected chi connectivity index (χ4v) is 2.75. The Morgan fingerprint density at radius 2 is 2.10 bits per heavy atom. The van der Waals surface area contributed by atoms with Gasteiger partial charge in [-0.1, -0.05) is 18.2 Å². The Hall–Kier alpha value is -2.08. The number of amides is 1. The number of carbonyl (C=O) groups excluding carboxylic acids is 1. The number of hydrogen-bond donors (Lipinski definition) is 2. The van der Waals surface area contributed by atoms with Crippen LogP contribution >= 0.6 is 0 Å². The van der Waals surface area contributed by atoms with Crippen molar-refractivity contribution in [2.45, 2.75) is 24.9 Å². The molecule has 3 N–H and O–H groups in total. The highest BCUT2D eigenvalue weighted by Crippen LogP contribution is 2.39. The molecule has 1 saturated heterocycles. The minimum absolute atomic E-state index is 0.199. The van der Waals surface area contributed by atoms with Crippen LogP contribution in [0, 0.1) is 0 Å². The first-order valence-corrected chi connectivity index (χ1v) is 6.47. The standard InChI is InChI=1S/C14H18N2O4/c1-20-12-5-3-2-4-9(12)10-6-7-11(14(18)19)16(10)13(17)8-15/h2-5,10-11H,6-8,15H2,1H3,(H,18,19). The molecule has 1 amide bonds. The number of para-hydroxylation sites is 1. The lowest BCUT2D eigenvalue weighted by Gasteiger charge is -2.29. The van der Waals surface area contributed by atoms with Crippen LogP contribution in [-0.4, -0.2) is 41.6 Å². The summed E-state index contributed by atoms with van der Waals surface area (Å²) in [6, 6.07) is 6.21. The smallest absolute Gasteiger partial charge is 0.326 e. The molecule has 1 aromatic carbocycles. The van der Waals surface area contributed by atoms with E-state index in [0.29, 0.717) is 18.6 Å². The molecule has 2 atom stereocenters. The number of hydrogen-bond acceptors (Lipinski definition) is 4. The van der Waals surface area contributed by atoms with E-state index < -0.39 is 12.0 Å². The second kappa shape index (κ2) is 5.92. The molecule has 0 spiro atoms. The van der Waals surface area contributed by atoms with Gasteiger partial charge in [-0.25, -0.2) is 4.79 Å². The Morgan fingerprint density at radius 3 is 2.70 bits per heavy atom. The number of benzene rings is 1. The van der Waals surface area contributed by atoms with Crippen LogP contribution in [0.3, 0.4) is 0 Å². The van der Waals surface area contributed by atoms with E-state index in [1.807, 2.05) is 18.2 Å². The second-order valence-corrected chi connectivity index (χ2v) is 4.69. The number of nitrogens with two attached hydrogens (primary N) is 1. The van der Waals surface area contributed by atoms with E-state index in [1.54, 1.807) is 13.2 Å². The van der Waals surface area contributed by atoms with Crippen LogP contribution in [0.15, 0.2) is 24.3 Å². The molecule has 6 nitrogen and oxygen atoms in total. The van der Waals surface area contributed by atoms with Crippen molar-refractivity contribution < 1.29 is 19.4 Å². The molecule has 2 rings (SSSR count). The molecule has 0 radical (unpaired) electrons.